The second-order valence-electron chi connectivity index (χ2n) is 18.4. The van der Waals surface area contributed by atoms with E-state index in [0.29, 0.717) is 129 Å². The van der Waals surface area contributed by atoms with E-state index in [1.165, 1.54) is 5.56 Å². The van der Waals surface area contributed by atoms with Crippen LogP contribution in [-0.2, 0) is 42.7 Å². The lowest BCUT2D eigenvalue weighted by Crippen LogP contribution is -2.60. The minimum Gasteiger partial charge on any atom is -0.399 e. The molecule has 396 valence electrons. The highest BCUT2D eigenvalue weighted by molar-refractivity contribution is 5.98. The van der Waals surface area contributed by atoms with Crippen molar-refractivity contribution in [1.82, 2.24) is 25.8 Å². The number of nitrogens with one attached hydrogen (secondary N) is 5. The Labute approximate surface area is 415 Å². The Kier molecular flexibility index (Phi) is 33.5. The molecule has 69 heavy (non-hydrogen) atoms. The average Bonchev–Trinajstić information content (AvgIpc) is 3.34. The Morgan fingerprint density at radius 1 is 0.754 bits per heavy atom. The predicted octanol–water partition coefficient (Wildman–Crippen LogP) is 5.88. The summed E-state index contributed by atoms with van der Waals surface area (Å²) in [6.45, 7) is 18.1. The molecule has 1 saturated carbocycles. The van der Waals surface area contributed by atoms with Crippen LogP contribution in [0.5, 0.6) is 0 Å². The lowest BCUT2D eigenvalue weighted by Gasteiger charge is -2.54. The Morgan fingerprint density at radius 3 is 1.87 bits per heavy atom. The third-order valence-corrected chi connectivity index (χ3v) is 12.8. The SMILES string of the molecule is CCCCNCC(CCCC(NC)c1ccccc1)N(C(C)=N)C(=N)C1CCC2(CC1)CN(C(=O)CCOCCOCCOCCOC/C(N)=C/NCCOCCOCCOCCOCCCC)C2. The highest BCUT2D eigenvalue weighted by atomic mass is 16.6. The van der Waals surface area contributed by atoms with E-state index in [1.54, 1.807) is 6.20 Å². The molecule has 0 radical (unpaired) electrons. The molecule has 1 saturated heterocycles. The summed E-state index contributed by atoms with van der Waals surface area (Å²) in [6.07, 6.45) is 13.3. The van der Waals surface area contributed by atoms with Crippen LogP contribution in [0.4, 0.5) is 0 Å². The molecule has 1 heterocycles. The maximum absolute atomic E-state index is 13.0. The van der Waals surface area contributed by atoms with E-state index in [2.05, 4.69) is 60.1 Å². The van der Waals surface area contributed by atoms with Crippen molar-refractivity contribution >= 4 is 17.6 Å². The average molecular weight is 975 g/mol. The molecule has 1 aliphatic carbocycles. The van der Waals surface area contributed by atoms with Crippen LogP contribution in [0.3, 0.4) is 0 Å². The number of amidine groups is 2. The van der Waals surface area contributed by atoms with Crippen LogP contribution in [0, 0.1) is 22.2 Å². The molecular weight excluding hydrogens is 881 g/mol. The first kappa shape index (κ1) is 60.1. The number of carbonyl (C=O) groups excluding carboxylic acids is 1. The molecule has 1 aromatic rings. The van der Waals surface area contributed by atoms with Gasteiger partial charge in [0.25, 0.3) is 0 Å². The Bertz CT molecular complexity index is 1500. The Morgan fingerprint density at radius 2 is 1.30 bits per heavy atom. The minimum atomic E-state index is 0.0636. The summed E-state index contributed by atoms with van der Waals surface area (Å²) >= 11 is 0. The number of carbonyl (C=O) groups is 1. The molecule has 17 heteroatoms. The molecule has 1 amide bonds. The van der Waals surface area contributed by atoms with E-state index < -0.39 is 0 Å². The van der Waals surface area contributed by atoms with Crippen molar-refractivity contribution in [2.75, 3.05) is 145 Å². The van der Waals surface area contributed by atoms with Gasteiger partial charge in [-0.25, -0.2) is 0 Å². The van der Waals surface area contributed by atoms with Crippen LogP contribution in [0.25, 0.3) is 0 Å². The Hall–Kier alpha value is -3.23. The van der Waals surface area contributed by atoms with Gasteiger partial charge < -0.3 is 69.4 Å². The van der Waals surface area contributed by atoms with Crippen molar-refractivity contribution in [3.8, 4) is 0 Å². The topological polar surface area (TPSA) is 207 Å². The summed E-state index contributed by atoms with van der Waals surface area (Å²) in [6, 6.07) is 10.9. The summed E-state index contributed by atoms with van der Waals surface area (Å²) in [5.74, 6) is 1.31. The number of nitrogens with zero attached hydrogens (tertiary/aromatic N) is 2. The van der Waals surface area contributed by atoms with E-state index in [1.807, 2.05) is 23.8 Å². The van der Waals surface area contributed by atoms with Crippen molar-refractivity contribution < 1.29 is 42.7 Å². The van der Waals surface area contributed by atoms with Gasteiger partial charge in [-0.15, -0.1) is 0 Å². The van der Waals surface area contributed by atoms with Gasteiger partial charge in [0.2, 0.25) is 5.91 Å². The zero-order valence-corrected chi connectivity index (χ0v) is 43.2. The second kappa shape index (κ2) is 38.4. The minimum absolute atomic E-state index is 0.0636. The summed E-state index contributed by atoms with van der Waals surface area (Å²) in [7, 11) is 2.02. The number of benzene rings is 1. The van der Waals surface area contributed by atoms with Gasteiger partial charge in [0, 0.05) is 62.4 Å². The van der Waals surface area contributed by atoms with Crippen LogP contribution in [0.15, 0.2) is 42.2 Å². The smallest absolute Gasteiger partial charge is 0.224 e. The van der Waals surface area contributed by atoms with E-state index >= 15 is 0 Å². The number of rotatable bonds is 43. The maximum Gasteiger partial charge on any atom is 0.224 e. The maximum atomic E-state index is 13.0. The van der Waals surface area contributed by atoms with Crippen LogP contribution in [-0.4, -0.2) is 179 Å². The fourth-order valence-electron chi connectivity index (χ4n) is 8.77. The van der Waals surface area contributed by atoms with Crippen LogP contribution >= 0.6 is 0 Å². The quantitative estimate of drug-likeness (QED) is 0.0257. The van der Waals surface area contributed by atoms with E-state index in [9.17, 15) is 10.2 Å². The van der Waals surface area contributed by atoms with Crippen molar-refractivity contribution in [2.24, 2.45) is 17.1 Å². The third-order valence-electron chi connectivity index (χ3n) is 12.8. The van der Waals surface area contributed by atoms with Crippen molar-refractivity contribution in [3.63, 3.8) is 0 Å². The first-order valence-electron chi connectivity index (χ1n) is 26.2. The third kappa shape index (κ3) is 26.2. The molecule has 2 aliphatic rings. The van der Waals surface area contributed by atoms with Crippen LogP contribution < -0.4 is 21.7 Å². The lowest BCUT2D eigenvalue weighted by atomic mass is 9.65. The van der Waals surface area contributed by atoms with Crippen LogP contribution in [0.1, 0.15) is 109 Å². The highest BCUT2D eigenvalue weighted by Gasteiger charge is 2.47. The summed E-state index contributed by atoms with van der Waals surface area (Å²) in [4.78, 5) is 17.0. The first-order valence-corrected chi connectivity index (χ1v) is 26.2. The number of unbranched alkanes of at least 4 members (excludes halogenated alkanes) is 2. The van der Waals surface area contributed by atoms with Gasteiger partial charge in [0.05, 0.1) is 117 Å². The van der Waals surface area contributed by atoms with Crippen molar-refractivity contribution in [3.05, 3.63) is 47.8 Å². The summed E-state index contributed by atoms with van der Waals surface area (Å²) in [5, 5.41) is 28.5. The fourth-order valence-corrected chi connectivity index (χ4v) is 8.77. The number of hydrogen-bond acceptors (Lipinski definition) is 15. The number of ether oxygens (including phenoxy) is 8. The molecular formula is C52H94N8O9. The molecule has 7 N–H and O–H groups in total. The van der Waals surface area contributed by atoms with E-state index in [0.717, 1.165) is 103 Å². The Balaban J connectivity index is 1.15. The second-order valence-corrected chi connectivity index (χ2v) is 18.4. The summed E-state index contributed by atoms with van der Waals surface area (Å²) in [5.41, 5.74) is 8.03. The molecule has 1 aromatic carbocycles. The van der Waals surface area contributed by atoms with Gasteiger partial charge in [-0.3, -0.25) is 15.6 Å². The van der Waals surface area contributed by atoms with Gasteiger partial charge in [-0.2, -0.15) is 0 Å². The summed E-state index contributed by atoms with van der Waals surface area (Å²) < 4.78 is 44.4. The fraction of sp³-hybridized carbons (Fsp3) is 0.788. The highest BCUT2D eigenvalue weighted by Crippen LogP contribution is 2.46. The van der Waals surface area contributed by atoms with E-state index in [4.69, 9.17) is 49.0 Å². The van der Waals surface area contributed by atoms with Gasteiger partial charge in [-0.1, -0.05) is 57.0 Å². The lowest BCUT2D eigenvalue weighted by molar-refractivity contribution is -0.147. The van der Waals surface area contributed by atoms with Crippen molar-refractivity contribution in [1.29, 1.82) is 10.8 Å². The normalized spacial score (nSPS) is 15.8. The van der Waals surface area contributed by atoms with Gasteiger partial charge >= 0.3 is 0 Å². The molecule has 2 unspecified atom stereocenters. The standard InChI is InChI=1S/C52H94N8O9/c1-5-7-22-57-40-48(15-12-16-49(56-4)45-13-10-9-11-14-45)60(44(3)53)51(55)46-17-20-52(21-18-46)42-59(43-52)50(61)19-25-63-28-31-66-35-36-68-37-38-69-41-47(54)39-58-23-26-64-29-32-67-34-33-65-30-27-62-24-8-6-2/h9-11,13-14,39,46,48-49,53,55-58H,5-8,12,15-38,40-43,54H2,1-4H3/b47-39-,53-44?,55-51?. The largest absolute Gasteiger partial charge is 0.399 e. The molecule has 0 aromatic heterocycles. The molecule has 1 aliphatic heterocycles. The van der Waals surface area contributed by atoms with Gasteiger partial charge in [-0.05, 0) is 83.9 Å². The molecule has 2 atom stereocenters. The first-order chi connectivity index (χ1) is 33.7. The number of amides is 1. The zero-order chi connectivity index (χ0) is 49.6. The predicted molar refractivity (Wildman–Crippen MR) is 274 cm³/mol. The van der Waals surface area contributed by atoms with Crippen molar-refractivity contribution in [2.45, 2.75) is 110 Å². The van der Waals surface area contributed by atoms with Gasteiger partial charge in [0.1, 0.15) is 5.84 Å². The van der Waals surface area contributed by atoms with Crippen LogP contribution in [0.2, 0.25) is 0 Å². The number of nitrogens with two attached hydrogens (primary N) is 1. The molecule has 17 nitrogen and oxygen atoms in total. The molecule has 1 spiro atoms. The molecule has 0 bridgehead atoms. The zero-order valence-electron chi connectivity index (χ0n) is 43.2. The van der Waals surface area contributed by atoms with E-state index in [-0.39, 0.29) is 29.3 Å². The number of hydrogen-bond donors (Lipinski definition) is 6. The molecule has 2 fully saturated rings. The van der Waals surface area contributed by atoms with Gasteiger partial charge in [0.15, 0.2) is 0 Å². The number of likely N-dealkylation sites (tertiary alicyclic amines) is 1. The monoisotopic (exact) mass is 975 g/mol. The molecule has 3 rings (SSSR count).